The van der Waals surface area contributed by atoms with Gasteiger partial charge in [0.1, 0.15) is 12.4 Å². The summed E-state index contributed by atoms with van der Waals surface area (Å²) in [6, 6.07) is 22.4. The lowest BCUT2D eigenvalue weighted by atomic mass is 10.2. The molecule has 0 aromatic heterocycles. The second-order valence-electron chi connectivity index (χ2n) is 7.18. The SMILES string of the molecule is C=CCOc1cccc(C=NNC(=O)CN(Cc2ccc(Br)cc2)S(=O)(=O)c2ccccc2)c1. The zero-order valence-corrected chi connectivity index (χ0v) is 20.7. The van der Waals surface area contributed by atoms with Crippen LogP contribution in [0, 0.1) is 0 Å². The van der Waals surface area contributed by atoms with E-state index in [9.17, 15) is 13.2 Å². The van der Waals surface area contributed by atoms with Crippen molar-refractivity contribution in [3.05, 3.63) is 107 Å². The number of nitrogens with one attached hydrogen (secondary N) is 1. The van der Waals surface area contributed by atoms with Crippen molar-refractivity contribution < 1.29 is 17.9 Å². The fraction of sp³-hybridized carbons (Fsp3) is 0.120. The average molecular weight is 542 g/mol. The Bertz CT molecular complexity index is 1250. The molecule has 3 aromatic carbocycles. The van der Waals surface area contributed by atoms with Crippen molar-refractivity contribution in [1.29, 1.82) is 0 Å². The van der Waals surface area contributed by atoms with Gasteiger partial charge in [-0.3, -0.25) is 4.79 Å². The number of hydrogen-bond acceptors (Lipinski definition) is 5. The fourth-order valence-electron chi connectivity index (χ4n) is 2.97. The summed E-state index contributed by atoms with van der Waals surface area (Å²) in [6.07, 6.45) is 3.11. The van der Waals surface area contributed by atoms with Gasteiger partial charge in [0.25, 0.3) is 5.91 Å². The van der Waals surface area contributed by atoms with E-state index in [0.29, 0.717) is 17.9 Å². The molecule has 0 aliphatic heterocycles. The molecule has 0 atom stereocenters. The number of hydrogen-bond donors (Lipinski definition) is 1. The van der Waals surface area contributed by atoms with Crippen LogP contribution in [-0.2, 0) is 21.4 Å². The number of halogens is 1. The summed E-state index contributed by atoms with van der Waals surface area (Å²) in [5.74, 6) is 0.0803. The summed E-state index contributed by atoms with van der Waals surface area (Å²) in [5, 5.41) is 3.96. The Morgan fingerprint density at radius 3 is 2.50 bits per heavy atom. The molecule has 0 heterocycles. The number of benzene rings is 3. The van der Waals surface area contributed by atoms with Crippen molar-refractivity contribution in [2.45, 2.75) is 11.4 Å². The molecule has 0 radical (unpaired) electrons. The topological polar surface area (TPSA) is 88.1 Å². The normalized spacial score (nSPS) is 11.5. The van der Waals surface area contributed by atoms with Crippen molar-refractivity contribution in [1.82, 2.24) is 9.73 Å². The Morgan fingerprint density at radius 2 is 1.79 bits per heavy atom. The first-order valence-corrected chi connectivity index (χ1v) is 12.6. The lowest BCUT2D eigenvalue weighted by Crippen LogP contribution is -2.39. The van der Waals surface area contributed by atoms with Gasteiger partial charge in [-0.05, 0) is 47.5 Å². The van der Waals surface area contributed by atoms with Crippen LogP contribution in [0.3, 0.4) is 0 Å². The molecule has 1 N–H and O–H groups in total. The monoisotopic (exact) mass is 541 g/mol. The molecule has 3 rings (SSSR count). The smallest absolute Gasteiger partial charge is 0.255 e. The van der Waals surface area contributed by atoms with E-state index in [1.54, 1.807) is 60.7 Å². The molecule has 0 spiro atoms. The molecule has 0 aliphatic carbocycles. The van der Waals surface area contributed by atoms with Crippen LogP contribution in [0.15, 0.2) is 106 Å². The average Bonchev–Trinajstić information content (AvgIpc) is 2.84. The van der Waals surface area contributed by atoms with E-state index < -0.39 is 22.5 Å². The third-order valence-corrected chi connectivity index (χ3v) is 6.94. The minimum absolute atomic E-state index is 0.0321. The molecule has 9 heteroatoms. The van der Waals surface area contributed by atoms with Gasteiger partial charge in [-0.1, -0.05) is 71.0 Å². The van der Waals surface area contributed by atoms with Crippen LogP contribution in [0.2, 0.25) is 0 Å². The highest BCUT2D eigenvalue weighted by molar-refractivity contribution is 9.10. The number of sulfonamides is 1. The van der Waals surface area contributed by atoms with E-state index in [1.807, 2.05) is 12.1 Å². The van der Waals surface area contributed by atoms with Crippen LogP contribution in [0.25, 0.3) is 0 Å². The molecule has 0 aliphatic rings. The van der Waals surface area contributed by atoms with Gasteiger partial charge in [-0.15, -0.1) is 0 Å². The molecule has 3 aromatic rings. The largest absolute Gasteiger partial charge is 0.490 e. The van der Waals surface area contributed by atoms with Gasteiger partial charge in [0.2, 0.25) is 10.0 Å². The van der Waals surface area contributed by atoms with Crippen LogP contribution in [-0.4, -0.2) is 38.0 Å². The van der Waals surface area contributed by atoms with E-state index >= 15 is 0 Å². The van der Waals surface area contributed by atoms with E-state index in [2.05, 4.69) is 33.0 Å². The Labute approximate surface area is 207 Å². The van der Waals surface area contributed by atoms with E-state index in [0.717, 1.165) is 14.3 Å². The van der Waals surface area contributed by atoms with E-state index in [4.69, 9.17) is 4.74 Å². The second kappa shape index (κ2) is 12.3. The number of amides is 1. The maximum absolute atomic E-state index is 13.2. The molecule has 0 saturated carbocycles. The van der Waals surface area contributed by atoms with Gasteiger partial charge in [0.05, 0.1) is 17.7 Å². The third-order valence-electron chi connectivity index (χ3n) is 4.60. The molecule has 34 heavy (non-hydrogen) atoms. The number of carbonyl (C=O) groups excluding carboxylic acids is 1. The first-order valence-electron chi connectivity index (χ1n) is 10.3. The fourth-order valence-corrected chi connectivity index (χ4v) is 4.64. The van der Waals surface area contributed by atoms with Crippen LogP contribution in [0.4, 0.5) is 0 Å². The highest BCUT2D eigenvalue weighted by Gasteiger charge is 2.26. The van der Waals surface area contributed by atoms with E-state index in [-0.39, 0.29) is 11.4 Å². The first kappa shape index (κ1) is 25.4. The Balaban J connectivity index is 1.72. The molecule has 0 saturated heterocycles. The zero-order valence-electron chi connectivity index (χ0n) is 18.3. The van der Waals surface area contributed by atoms with Crippen molar-refractivity contribution in [3.8, 4) is 5.75 Å². The highest BCUT2D eigenvalue weighted by atomic mass is 79.9. The first-order chi connectivity index (χ1) is 16.4. The van der Waals surface area contributed by atoms with Gasteiger partial charge >= 0.3 is 0 Å². The molecule has 0 unspecified atom stereocenters. The second-order valence-corrected chi connectivity index (χ2v) is 10.0. The highest BCUT2D eigenvalue weighted by Crippen LogP contribution is 2.19. The van der Waals surface area contributed by atoms with Crippen LogP contribution < -0.4 is 10.2 Å². The Morgan fingerprint density at radius 1 is 1.06 bits per heavy atom. The van der Waals surface area contributed by atoms with Crippen molar-refractivity contribution in [3.63, 3.8) is 0 Å². The zero-order chi connectivity index (χ0) is 24.4. The summed E-state index contributed by atoms with van der Waals surface area (Å²) in [6.45, 7) is 3.62. The third kappa shape index (κ3) is 7.38. The van der Waals surface area contributed by atoms with Crippen molar-refractivity contribution in [2.75, 3.05) is 13.2 Å². The molecule has 176 valence electrons. The van der Waals surface area contributed by atoms with Gasteiger partial charge in [0, 0.05) is 11.0 Å². The number of carbonyl (C=O) groups is 1. The van der Waals surface area contributed by atoms with Gasteiger partial charge < -0.3 is 4.74 Å². The molecule has 1 amide bonds. The summed E-state index contributed by atoms with van der Waals surface area (Å²) in [5.41, 5.74) is 3.86. The van der Waals surface area contributed by atoms with Crippen molar-refractivity contribution >= 4 is 38.1 Å². The van der Waals surface area contributed by atoms with Gasteiger partial charge in [-0.25, -0.2) is 13.8 Å². The lowest BCUT2D eigenvalue weighted by Gasteiger charge is -2.21. The van der Waals surface area contributed by atoms with E-state index in [1.165, 1.54) is 18.3 Å². The predicted molar refractivity (Wildman–Crippen MR) is 136 cm³/mol. The Hall–Kier alpha value is -3.27. The maximum Gasteiger partial charge on any atom is 0.255 e. The molecular weight excluding hydrogens is 518 g/mol. The Kier molecular flexibility index (Phi) is 9.15. The number of ether oxygens (including phenoxy) is 1. The predicted octanol–water partition coefficient (Wildman–Crippen LogP) is 4.36. The minimum atomic E-state index is -3.91. The molecular formula is C25H24BrN3O4S. The quantitative estimate of drug-likeness (QED) is 0.222. The minimum Gasteiger partial charge on any atom is -0.490 e. The summed E-state index contributed by atoms with van der Waals surface area (Å²) >= 11 is 3.37. The standard InChI is InChI=1S/C25H24BrN3O4S/c1-2-15-33-23-8-6-7-21(16-23)17-27-28-25(30)19-29(18-20-11-13-22(26)14-12-20)34(31,32)24-9-4-3-5-10-24/h2-14,16-17H,1,15,18-19H2,(H,28,30). The number of nitrogens with zero attached hydrogens (tertiary/aromatic N) is 2. The van der Waals surface area contributed by atoms with Gasteiger partial charge in [0.15, 0.2) is 0 Å². The van der Waals surface area contributed by atoms with Crippen LogP contribution >= 0.6 is 15.9 Å². The molecule has 7 nitrogen and oxygen atoms in total. The summed E-state index contributed by atoms with van der Waals surface area (Å²) in [4.78, 5) is 12.7. The number of hydrazone groups is 1. The summed E-state index contributed by atoms with van der Waals surface area (Å²) < 4.78 is 33.9. The van der Waals surface area contributed by atoms with Crippen LogP contribution in [0.5, 0.6) is 5.75 Å². The summed E-state index contributed by atoms with van der Waals surface area (Å²) in [7, 11) is -3.91. The number of rotatable bonds is 11. The van der Waals surface area contributed by atoms with Gasteiger partial charge in [-0.2, -0.15) is 9.41 Å². The van der Waals surface area contributed by atoms with Crippen LogP contribution in [0.1, 0.15) is 11.1 Å². The lowest BCUT2D eigenvalue weighted by molar-refractivity contribution is -0.121. The van der Waals surface area contributed by atoms with Crippen molar-refractivity contribution in [2.24, 2.45) is 5.10 Å². The molecule has 0 fully saturated rings. The molecule has 0 bridgehead atoms. The maximum atomic E-state index is 13.2.